The van der Waals surface area contributed by atoms with Gasteiger partial charge in [-0.05, 0) is 33.4 Å². The van der Waals surface area contributed by atoms with Crippen molar-refractivity contribution in [1.82, 2.24) is 0 Å². The van der Waals surface area contributed by atoms with Gasteiger partial charge in [0, 0.05) is 10.0 Å². The topological polar surface area (TPSA) is 9.23 Å². The van der Waals surface area contributed by atoms with Gasteiger partial charge in [0.1, 0.15) is 12.4 Å². The van der Waals surface area contributed by atoms with Crippen molar-refractivity contribution in [2.75, 3.05) is 0 Å². The average molecular weight is 352 g/mol. The number of thiophene rings is 1. The zero-order valence-electron chi connectivity index (χ0n) is 8.75. The van der Waals surface area contributed by atoms with Gasteiger partial charge in [-0.1, -0.05) is 23.7 Å². The van der Waals surface area contributed by atoms with Crippen LogP contribution in [0, 0.1) is 0 Å². The van der Waals surface area contributed by atoms with E-state index in [4.69, 9.17) is 27.9 Å². The van der Waals surface area contributed by atoms with Crippen molar-refractivity contribution in [2.45, 2.75) is 12.5 Å². The van der Waals surface area contributed by atoms with E-state index in [1.54, 1.807) is 17.4 Å². The minimum Gasteiger partial charge on any atom is -0.486 e. The van der Waals surface area contributed by atoms with Gasteiger partial charge in [-0.3, -0.25) is 0 Å². The zero-order chi connectivity index (χ0) is 12.3. The standard InChI is InChI=1S/C12H9BrCl2OS/c13-9-4-5-17-11(9)7-16-12-8(6-14)2-1-3-10(12)15/h1-5H,6-7H2. The molecule has 5 heteroatoms. The van der Waals surface area contributed by atoms with E-state index in [0.717, 1.165) is 14.9 Å². The Balaban J connectivity index is 2.16. The molecular weight excluding hydrogens is 343 g/mol. The third kappa shape index (κ3) is 3.16. The number of benzene rings is 1. The Morgan fingerprint density at radius 2 is 2.12 bits per heavy atom. The maximum absolute atomic E-state index is 6.10. The highest BCUT2D eigenvalue weighted by Crippen LogP contribution is 2.32. The van der Waals surface area contributed by atoms with Crippen molar-refractivity contribution >= 4 is 50.5 Å². The molecule has 1 nitrogen and oxygen atoms in total. The number of hydrogen-bond donors (Lipinski definition) is 0. The van der Waals surface area contributed by atoms with Crippen LogP contribution >= 0.6 is 50.5 Å². The first-order chi connectivity index (χ1) is 8.22. The number of alkyl halides is 1. The van der Waals surface area contributed by atoms with Crippen LogP contribution in [0.25, 0.3) is 0 Å². The molecule has 0 atom stereocenters. The Hall–Kier alpha value is -0.220. The molecule has 0 radical (unpaired) electrons. The van der Waals surface area contributed by atoms with E-state index < -0.39 is 0 Å². The molecule has 0 spiro atoms. The normalized spacial score (nSPS) is 10.5. The summed E-state index contributed by atoms with van der Waals surface area (Å²) >= 11 is 17.1. The third-order valence-corrected chi connectivity index (χ3v) is 4.72. The van der Waals surface area contributed by atoms with Crippen LogP contribution in [-0.2, 0) is 12.5 Å². The maximum atomic E-state index is 6.10. The lowest BCUT2D eigenvalue weighted by Gasteiger charge is -2.11. The second-order valence-electron chi connectivity index (χ2n) is 3.34. The molecule has 0 aliphatic rings. The van der Waals surface area contributed by atoms with Crippen molar-refractivity contribution in [1.29, 1.82) is 0 Å². The maximum Gasteiger partial charge on any atom is 0.142 e. The van der Waals surface area contributed by atoms with E-state index in [2.05, 4.69) is 15.9 Å². The van der Waals surface area contributed by atoms with Gasteiger partial charge < -0.3 is 4.74 Å². The van der Waals surface area contributed by atoms with Crippen molar-refractivity contribution in [3.8, 4) is 5.75 Å². The molecule has 0 saturated carbocycles. The lowest BCUT2D eigenvalue weighted by Crippen LogP contribution is -1.97. The highest BCUT2D eigenvalue weighted by molar-refractivity contribution is 9.10. The Morgan fingerprint density at radius 3 is 2.76 bits per heavy atom. The summed E-state index contributed by atoms with van der Waals surface area (Å²) in [5.74, 6) is 1.06. The molecule has 2 rings (SSSR count). The lowest BCUT2D eigenvalue weighted by molar-refractivity contribution is 0.307. The minimum absolute atomic E-state index is 0.390. The Labute approximate surface area is 122 Å². The molecule has 2 aromatic rings. The fourth-order valence-corrected chi connectivity index (χ4v) is 3.22. The first-order valence-corrected chi connectivity index (χ1v) is 7.49. The molecule has 1 aromatic heterocycles. The highest BCUT2D eigenvalue weighted by Gasteiger charge is 2.09. The fraction of sp³-hybridized carbons (Fsp3) is 0.167. The fourth-order valence-electron chi connectivity index (χ4n) is 1.39. The summed E-state index contributed by atoms with van der Waals surface area (Å²) < 4.78 is 6.81. The van der Waals surface area contributed by atoms with Crippen molar-refractivity contribution in [2.24, 2.45) is 0 Å². The van der Waals surface area contributed by atoms with Gasteiger partial charge >= 0.3 is 0 Å². The number of rotatable bonds is 4. The number of hydrogen-bond acceptors (Lipinski definition) is 2. The molecule has 0 fully saturated rings. The van der Waals surface area contributed by atoms with Crippen LogP contribution < -0.4 is 4.74 Å². The summed E-state index contributed by atoms with van der Waals surface area (Å²) in [4.78, 5) is 1.13. The third-order valence-electron chi connectivity index (χ3n) is 2.23. The van der Waals surface area contributed by atoms with Crippen LogP contribution in [0.2, 0.25) is 5.02 Å². The highest BCUT2D eigenvalue weighted by atomic mass is 79.9. The van der Waals surface area contributed by atoms with Crippen LogP contribution in [0.1, 0.15) is 10.4 Å². The van der Waals surface area contributed by atoms with E-state index in [9.17, 15) is 0 Å². The van der Waals surface area contributed by atoms with Gasteiger partial charge in [-0.25, -0.2) is 0 Å². The van der Waals surface area contributed by atoms with E-state index in [1.165, 1.54) is 0 Å². The molecule has 90 valence electrons. The van der Waals surface area contributed by atoms with Crippen LogP contribution in [0.15, 0.2) is 34.1 Å². The van der Waals surface area contributed by atoms with Crippen LogP contribution in [-0.4, -0.2) is 0 Å². The monoisotopic (exact) mass is 350 g/mol. The Morgan fingerprint density at radius 1 is 1.29 bits per heavy atom. The second kappa shape index (κ2) is 6.10. The predicted molar refractivity (Wildman–Crippen MR) is 77.4 cm³/mol. The summed E-state index contributed by atoms with van der Waals surface area (Å²) in [6.45, 7) is 0.492. The summed E-state index contributed by atoms with van der Waals surface area (Å²) in [6.07, 6.45) is 0. The Bertz CT molecular complexity index is 513. The van der Waals surface area contributed by atoms with E-state index in [-0.39, 0.29) is 0 Å². The molecule has 0 unspecified atom stereocenters. The molecule has 0 aliphatic heterocycles. The average Bonchev–Trinajstić information content (AvgIpc) is 2.73. The first-order valence-electron chi connectivity index (χ1n) is 4.90. The number of para-hydroxylation sites is 1. The summed E-state index contributed by atoms with van der Waals surface area (Å²) in [7, 11) is 0. The summed E-state index contributed by atoms with van der Waals surface area (Å²) in [6, 6.07) is 7.58. The second-order valence-corrected chi connectivity index (χ2v) is 5.87. The summed E-state index contributed by atoms with van der Waals surface area (Å²) in [5, 5.41) is 2.61. The largest absolute Gasteiger partial charge is 0.486 e. The van der Waals surface area contributed by atoms with Crippen LogP contribution in [0.5, 0.6) is 5.75 Å². The molecule has 1 heterocycles. The van der Waals surface area contributed by atoms with Gasteiger partial charge in [0.2, 0.25) is 0 Å². The quantitative estimate of drug-likeness (QED) is 0.662. The molecule has 0 amide bonds. The van der Waals surface area contributed by atoms with Crippen molar-refractivity contribution in [3.05, 3.63) is 49.6 Å². The van der Waals surface area contributed by atoms with Crippen LogP contribution in [0.4, 0.5) is 0 Å². The van der Waals surface area contributed by atoms with Gasteiger partial charge in [-0.2, -0.15) is 0 Å². The van der Waals surface area contributed by atoms with Crippen LogP contribution in [0.3, 0.4) is 0 Å². The van der Waals surface area contributed by atoms with Gasteiger partial charge in [0.15, 0.2) is 0 Å². The smallest absolute Gasteiger partial charge is 0.142 e. The van der Waals surface area contributed by atoms with E-state index in [0.29, 0.717) is 23.3 Å². The molecule has 0 saturated heterocycles. The lowest BCUT2D eigenvalue weighted by atomic mass is 10.2. The molecule has 0 N–H and O–H groups in total. The molecular formula is C12H9BrCl2OS. The van der Waals surface area contributed by atoms with Gasteiger partial charge in [0.25, 0.3) is 0 Å². The molecule has 17 heavy (non-hydrogen) atoms. The SMILES string of the molecule is ClCc1cccc(Cl)c1OCc1sccc1Br. The van der Waals surface area contributed by atoms with Crippen molar-refractivity contribution < 1.29 is 4.74 Å². The van der Waals surface area contributed by atoms with Gasteiger partial charge in [0.05, 0.1) is 15.8 Å². The van der Waals surface area contributed by atoms with Crippen molar-refractivity contribution in [3.63, 3.8) is 0 Å². The summed E-state index contributed by atoms with van der Waals surface area (Å²) in [5.41, 5.74) is 0.909. The zero-order valence-corrected chi connectivity index (χ0v) is 12.7. The predicted octanol–water partition coefficient (Wildman–Crippen LogP) is 5.48. The number of ether oxygens (including phenoxy) is 1. The van der Waals surface area contributed by atoms with Gasteiger partial charge in [-0.15, -0.1) is 22.9 Å². The molecule has 0 bridgehead atoms. The van der Waals surface area contributed by atoms with E-state index in [1.807, 2.05) is 23.6 Å². The Kier molecular flexibility index (Phi) is 4.74. The minimum atomic E-state index is 0.390. The molecule has 0 aliphatic carbocycles. The number of halogens is 3. The first kappa shape index (κ1) is 13.2. The van der Waals surface area contributed by atoms with E-state index >= 15 is 0 Å². The molecule has 1 aromatic carbocycles.